The van der Waals surface area contributed by atoms with Gasteiger partial charge < -0.3 is 14.6 Å². The minimum absolute atomic E-state index is 0.0418. The number of benzene rings is 1. The van der Waals surface area contributed by atoms with Crippen molar-refractivity contribution in [2.45, 2.75) is 12.1 Å². The predicted molar refractivity (Wildman–Crippen MR) is 96.3 cm³/mol. The molecule has 2 aromatic heterocycles. The molecule has 0 amide bonds. The zero-order chi connectivity index (χ0) is 18.5. The molecule has 26 heavy (non-hydrogen) atoms. The maximum atomic E-state index is 11.7. The van der Waals surface area contributed by atoms with Crippen LogP contribution in [0.5, 0.6) is 11.5 Å². The van der Waals surface area contributed by atoms with E-state index in [0.717, 1.165) is 0 Å². The minimum atomic E-state index is -0.313. The molecule has 1 aromatic carbocycles. The van der Waals surface area contributed by atoms with Gasteiger partial charge in [-0.25, -0.2) is 4.68 Å². The number of nitrogens with zero attached hydrogens (tertiary/aromatic N) is 4. The van der Waals surface area contributed by atoms with E-state index in [2.05, 4.69) is 10.2 Å². The Labute approximate surface area is 154 Å². The SMILES string of the molecule is CCOC(=O)CSc1nnc(-c2ccc(O)c(OC)c2)n1-n1cccc1. The second kappa shape index (κ2) is 7.96. The largest absolute Gasteiger partial charge is 0.504 e. The van der Waals surface area contributed by atoms with Crippen LogP contribution in [0, 0.1) is 0 Å². The Hall–Kier alpha value is -2.94. The molecule has 0 fully saturated rings. The van der Waals surface area contributed by atoms with Gasteiger partial charge in [-0.15, -0.1) is 10.2 Å². The van der Waals surface area contributed by atoms with E-state index in [0.29, 0.717) is 28.9 Å². The predicted octanol–water partition coefficient (Wildman–Crippen LogP) is 2.43. The summed E-state index contributed by atoms with van der Waals surface area (Å²) >= 11 is 1.24. The van der Waals surface area contributed by atoms with E-state index in [1.165, 1.54) is 24.9 Å². The van der Waals surface area contributed by atoms with Crippen molar-refractivity contribution < 1.29 is 19.4 Å². The van der Waals surface area contributed by atoms with Gasteiger partial charge in [0, 0.05) is 18.0 Å². The van der Waals surface area contributed by atoms with Gasteiger partial charge in [-0.05, 0) is 37.3 Å². The molecule has 0 aliphatic rings. The summed E-state index contributed by atoms with van der Waals surface area (Å²) in [7, 11) is 1.48. The maximum absolute atomic E-state index is 11.7. The van der Waals surface area contributed by atoms with Crippen LogP contribution in [-0.2, 0) is 9.53 Å². The fourth-order valence-corrected chi connectivity index (χ4v) is 3.08. The lowest BCUT2D eigenvalue weighted by molar-refractivity contribution is -0.139. The molecule has 0 aliphatic carbocycles. The number of esters is 1. The van der Waals surface area contributed by atoms with Gasteiger partial charge in [0.15, 0.2) is 17.3 Å². The number of hydrogen-bond donors (Lipinski definition) is 1. The number of carbonyl (C=O) groups is 1. The number of phenolic OH excluding ortho intramolecular Hbond substituents is 1. The van der Waals surface area contributed by atoms with E-state index < -0.39 is 0 Å². The van der Waals surface area contributed by atoms with Crippen molar-refractivity contribution in [2.24, 2.45) is 0 Å². The highest BCUT2D eigenvalue weighted by Crippen LogP contribution is 2.32. The molecule has 0 saturated carbocycles. The Kier molecular flexibility index (Phi) is 5.47. The second-order valence-electron chi connectivity index (χ2n) is 5.16. The lowest BCUT2D eigenvalue weighted by atomic mass is 10.2. The molecule has 0 spiro atoms. The number of ether oxygens (including phenoxy) is 2. The van der Waals surface area contributed by atoms with Crippen molar-refractivity contribution in [1.82, 2.24) is 19.5 Å². The molecule has 1 N–H and O–H groups in total. The first kappa shape index (κ1) is 17.9. The van der Waals surface area contributed by atoms with Gasteiger partial charge in [0.2, 0.25) is 5.16 Å². The number of rotatable bonds is 7. The summed E-state index contributed by atoms with van der Waals surface area (Å²) in [5, 5.41) is 18.8. The Bertz CT molecular complexity index is 892. The number of aromatic hydroxyl groups is 1. The average Bonchev–Trinajstić information content (AvgIpc) is 3.30. The van der Waals surface area contributed by atoms with Crippen LogP contribution in [0.4, 0.5) is 0 Å². The van der Waals surface area contributed by atoms with Gasteiger partial charge in [-0.3, -0.25) is 9.47 Å². The maximum Gasteiger partial charge on any atom is 0.316 e. The molecular weight excluding hydrogens is 356 g/mol. The average molecular weight is 374 g/mol. The highest BCUT2D eigenvalue weighted by molar-refractivity contribution is 7.99. The molecule has 8 nitrogen and oxygen atoms in total. The third kappa shape index (κ3) is 3.67. The molecule has 0 atom stereocenters. The van der Waals surface area contributed by atoms with E-state index in [-0.39, 0.29) is 17.5 Å². The summed E-state index contributed by atoms with van der Waals surface area (Å²) in [5.41, 5.74) is 0.712. The van der Waals surface area contributed by atoms with Crippen LogP contribution < -0.4 is 4.74 Å². The first-order valence-electron chi connectivity index (χ1n) is 7.89. The molecule has 3 rings (SSSR count). The van der Waals surface area contributed by atoms with Crippen molar-refractivity contribution in [3.63, 3.8) is 0 Å². The molecule has 9 heteroatoms. The topological polar surface area (TPSA) is 91.4 Å². The molecule has 0 saturated heterocycles. The monoisotopic (exact) mass is 374 g/mol. The molecule has 0 radical (unpaired) electrons. The normalized spacial score (nSPS) is 10.7. The van der Waals surface area contributed by atoms with Gasteiger partial charge >= 0.3 is 5.97 Å². The highest BCUT2D eigenvalue weighted by Gasteiger charge is 2.18. The van der Waals surface area contributed by atoms with Crippen molar-refractivity contribution in [1.29, 1.82) is 0 Å². The molecule has 136 valence electrons. The number of thioether (sulfide) groups is 1. The molecular formula is C17H18N4O4S. The van der Waals surface area contributed by atoms with E-state index in [9.17, 15) is 9.90 Å². The fourth-order valence-electron chi connectivity index (χ4n) is 2.35. The van der Waals surface area contributed by atoms with Gasteiger partial charge in [-0.2, -0.15) is 0 Å². The molecule has 0 unspecified atom stereocenters. The fraction of sp³-hybridized carbons (Fsp3) is 0.235. The van der Waals surface area contributed by atoms with Crippen LogP contribution in [0.25, 0.3) is 11.4 Å². The molecule has 0 bridgehead atoms. The first-order chi connectivity index (χ1) is 12.6. The lowest BCUT2D eigenvalue weighted by Gasteiger charge is -2.12. The van der Waals surface area contributed by atoms with Gasteiger partial charge in [0.1, 0.15) is 0 Å². The van der Waals surface area contributed by atoms with Crippen LogP contribution in [0.2, 0.25) is 0 Å². The van der Waals surface area contributed by atoms with E-state index >= 15 is 0 Å². The van der Waals surface area contributed by atoms with Crippen LogP contribution in [0.15, 0.2) is 47.9 Å². The standard InChI is InChI=1S/C17H18N4O4S/c1-3-25-15(23)11-26-17-19-18-16(21(17)20-8-4-5-9-20)12-6-7-13(22)14(10-12)24-2/h4-10,22H,3,11H2,1-2H3. The van der Waals surface area contributed by atoms with Crippen molar-refractivity contribution >= 4 is 17.7 Å². The zero-order valence-corrected chi connectivity index (χ0v) is 15.1. The summed E-state index contributed by atoms with van der Waals surface area (Å²) < 4.78 is 13.7. The third-order valence-corrected chi connectivity index (χ3v) is 4.39. The zero-order valence-electron chi connectivity index (χ0n) is 14.3. The summed E-state index contributed by atoms with van der Waals surface area (Å²) in [6.45, 7) is 2.10. The van der Waals surface area contributed by atoms with Crippen molar-refractivity contribution in [3.8, 4) is 22.9 Å². The van der Waals surface area contributed by atoms with Gasteiger partial charge in [-0.1, -0.05) is 11.8 Å². The Morgan fingerprint density at radius 1 is 1.27 bits per heavy atom. The first-order valence-corrected chi connectivity index (χ1v) is 8.87. The summed E-state index contributed by atoms with van der Waals surface area (Å²) in [4.78, 5) is 11.7. The number of hydrogen-bond acceptors (Lipinski definition) is 7. The number of methoxy groups -OCH3 is 1. The number of phenols is 1. The Morgan fingerprint density at radius 3 is 2.73 bits per heavy atom. The molecule has 3 aromatic rings. The summed E-state index contributed by atoms with van der Waals surface area (Å²) in [6, 6.07) is 8.69. The van der Waals surface area contributed by atoms with E-state index in [4.69, 9.17) is 9.47 Å². The van der Waals surface area contributed by atoms with Crippen LogP contribution in [-0.4, -0.2) is 50.1 Å². The Morgan fingerprint density at radius 2 is 2.04 bits per heavy atom. The van der Waals surface area contributed by atoms with Crippen LogP contribution in [0.3, 0.4) is 0 Å². The van der Waals surface area contributed by atoms with E-state index in [1.807, 2.05) is 29.2 Å². The molecule has 0 aliphatic heterocycles. The summed E-state index contributed by atoms with van der Waals surface area (Å²) in [6.07, 6.45) is 3.69. The second-order valence-corrected chi connectivity index (χ2v) is 6.10. The quantitative estimate of drug-likeness (QED) is 0.502. The van der Waals surface area contributed by atoms with E-state index in [1.54, 1.807) is 23.7 Å². The number of aromatic nitrogens is 4. The number of carbonyl (C=O) groups excluding carboxylic acids is 1. The summed E-state index contributed by atoms with van der Waals surface area (Å²) in [5.74, 6) is 0.746. The lowest BCUT2D eigenvalue weighted by Crippen LogP contribution is -2.12. The van der Waals surface area contributed by atoms with Crippen molar-refractivity contribution in [3.05, 3.63) is 42.7 Å². The van der Waals surface area contributed by atoms with Crippen molar-refractivity contribution in [2.75, 3.05) is 19.5 Å². The highest BCUT2D eigenvalue weighted by atomic mass is 32.2. The van der Waals surface area contributed by atoms with Crippen LogP contribution >= 0.6 is 11.8 Å². The van der Waals surface area contributed by atoms with Gasteiger partial charge in [0.25, 0.3) is 0 Å². The smallest absolute Gasteiger partial charge is 0.316 e. The third-order valence-electron chi connectivity index (χ3n) is 3.49. The Balaban J connectivity index is 1.99. The van der Waals surface area contributed by atoms with Gasteiger partial charge in [0.05, 0.1) is 19.5 Å². The van der Waals surface area contributed by atoms with Crippen LogP contribution in [0.1, 0.15) is 6.92 Å². The molecule has 2 heterocycles. The minimum Gasteiger partial charge on any atom is -0.504 e.